The molecule has 28 heavy (non-hydrogen) atoms. The van der Waals surface area contributed by atoms with Crippen molar-refractivity contribution >= 4 is 39.8 Å². The third-order valence-corrected chi connectivity index (χ3v) is 5.44. The van der Waals surface area contributed by atoms with Crippen LogP contribution in [0.15, 0.2) is 46.9 Å². The molecule has 2 aromatic heterocycles. The van der Waals surface area contributed by atoms with Crippen LogP contribution in [0, 0.1) is 0 Å². The minimum Gasteiger partial charge on any atom is -0.423 e. The molecule has 0 radical (unpaired) electrons. The fraction of sp³-hybridized carbons (Fsp3) is 0.200. The van der Waals surface area contributed by atoms with Crippen molar-refractivity contribution in [3.8, 4) is 11.3 Å². The summed E-state index contributed by atoms with van der Waals surface area (Å²) in [6.45, 7) is 0.393. The first-order valence-corrected chi connectivity index (χ1v) is 9.71. The predicted octanol–water partition coefficient (Wildman–Crippen LogP) is 5.48. The van der Waals surface area contributed by atoms with Gasteiger partial charge >= 0.3 is 0 Å². The van der Waals surface area contributed by atoms with E-state index >= 15 is 0 Å². The van der Waals surface area contributed by atoms with E-state index in [1.165, 1.54) is 0 Å². The lowest BCUT2D eigenvalue weighted by molar-refractivity contribution is 0.457. The molecule has 2 heterocycles. The van der Waals surface area contributed by atoms with Crippen LogP contribution in [0.2, 0.25) is 10.0 Å². The second-order valence-corrected chi connectivity index (χ2v) is 7.55. The molecule has 1 N–H and O–H groups in total. The second kappa shape index (κ2) is 7.04. The van der Waals surface area contributed by atoms with Crippen molar-refractivity contribution < 1.29 is 4.42 Å². The number of nitrogens with zero attached hydrogens (tertiary/aromatic N) is 4. The number of benzene rings is 2. The highest BCUT2D eigenvalue weighted by Gasteiger charge is 2.29. The van der Waals surface area contributed by atoms with Crippen LogP contribution in [0.1, 0.15) is 30.5 Å². The zero-order valence-corrected chi connectivity index (χ0v) is 16.2. The van der Waals surface area contributed by atoms with E-state index in [9.17, 15) is 0 Å². The Bertz CT molecular complexity index is 1170. The number of hydrogen-bond acceptors (Lipinski definition) is 6. The Morgan fingerprint density at radius 1 is 0.929 bits per heavy atom. The summed E-state index contributed by atoms with van der Waals surface area (Å²) < 4.78 is 5.70. The predicted molar refractivity (Wildman–Crippen MR) is 109 cm³/mol. The molecule has 140 valence electrons. The van der Waals surface area contributed by atoms with Crippen molar-refractivity contribution in [2.24, 2.45) is 0 Å². The van der Waals surface area contributed by atoms with E-state index in [0.717, 1.165) is 40.8 Å². The molecular formula is C20H15Cl2N5O. The molecule has 1 aliphatic carbocycles. The van der Waals surface area contributed by atoms with Gasteiger partial charge in [0.25, 0.3) is 0 Å². The van der Waals surface area contributed by atoms with Crippen LogP contribution < -0.4 is 5.32 Å². The average Bonchev–Trinajstić information content (AvgIpc) is 3.46. The van der Waals surface area contributed by atoms with Crippen molar-refractivity contribution in [2.75, 3.05) is 5.32 Å². The highest BCUT2D eigenvalue weighted by Crippen LogP contribution is 2.39. The largest absolute Gasteiger partial charge is 0.423 e. The minimum atomic E-state index is 0.393. The van der Waals surface area contributed by atoms with Gasteiger partial charge in [0.2, 0.25) is 11.8 Å². The number of rotatable bonds is 5. The Kier molecular flexibility index (Phi) is 4.37. The summed E-state index contributed by atoms with van der Waals surface area (Å²) in [5.74, 6) is 2.36. The van der Waals surface area contributed by atoms with Gasteiger partial charge in [0.1, 0.15) is 5.69 Å². The zero-order chi connectivity index (χ0) is 19.1. The van der Waals surface area contributed by atoms with Gasteiger partial charge in [0, 0.05) is 22.3 Å². The molecule has 2 aromatic carbocycles. The second-order valence-electron chi connectivity index (χ2n) is 6.73. The maximum Gasteiger partial charge on any atom is 0.235 e. The number of halogens is 2. The number of fused-ring (bicyclic) bond motifs is 1. The summed E-state index contributed by atoms with van der Waals surface area (Å²) in [6, 6.07) is 13.4. The molecule has 0 unspecified atom stereocenters. The molecule has 1 fully saturated rings. The van der Waals surface area contributed by atoms with E-state index < -0.39 is 0 Å². The van der Waals surface area contributed by atoms with E-state index in [0.29, 0.717) is 34.2 Å². The molecule has 0 amide bonds. The van der Waals surface area contributed by atoms with Gasteiger partial charge in [0.05, 0.1) is 16.6 Å². The molecule has 0 bridgehead atoms. The van der Waals surface area contributed by atoms with Gasteiger partial charge in [-0.3, -0.25) is 0 Å². The Labute approximate surface area is 170 Å². The van der Waals surface area contributed by atoms with Gasteiger partial charge in [-0.2, -0.15) is 0 Å². The van der Waals surface area contributed by atoms with Crippen LogP contribution in [0.4, 0.5) is 5.82 Å². The quantitative estimate of drug-likeness (QED) is 0.468. The molecule has 0 atom stereocenters. The van der Waals surface area contributed by atoms with Crippen LogP contribution in [0.5, 0.6) is 0 Å². The zero-order valence-electron chi connectivity index (χ0n) is 14.7. The highest BCUT2D eigenvalue weighted by atomic mass is 35.5. The smallest absolute Gasteiger partial charge is 0.235 e. The van der Waals surface area contributed by atoms with Crippen LogP contribution in [-0.2, 0) is 6.54 Å². The Morgan fingerprint density at radius 3 is 2.54 bits per heavy atom. The van der Waals surface area contributed by atoms with Crippen molar-refractivity contribution in [1.82, 2.24) is 20.4 Å². The normalized spacial score (nSPS) is 13.8. The Morgan fingerprint density at radius 2 is 1.75 bits per heavy atom. The molecular weight excluding hydrogens is 397 g/mol. The van der Waals surface area contributed by atoms with Gasteiger partial charge in [-0.25, -0.2) is 0 Å². The summed E-state index contributed by atoms with van der Waals surface area (Å²) in [7, 11) is 0. The Balaban J connectivity index is 1.47. The molecule has 0 saturated heterocycles. The summed E-state index contributed by atoms with van der Waals surface area (Å²) in [6.07, 6.45) is 2.25. The van der Waals surface area contributed by atoms with Crippen molar-refractivity contribution in [2.45, 2.75) is 25.3 Å². The van der Waals surface area contributed by atoms with E-state index in [1.54, 1.807) is 12.1 Å². The number of aromatic nitrogens is 4. The van der Waals surface area contributed by atoms with Gasteiger partial charge in [-0.1, -0.05) is 53.5 Å². The number of hydrogen-bond donors (Lipinski definition) is 1. The van der Waals surface area contributed by atoms with E-state index in [4.69, 9.17) is 27.6 Å². The van der Waals surface area contributed by atoms with Crippen molar-refractivity contribution in [3.63, 3.8) is 0 Å². The molecule has 0 spiro atoms. The van der Waals surface area contributed by atoms with Crippen molar-refractivity contribution in [3.05, 3.63) is 64.3 Å². The summed E-state index contributed by atoms with van der Waals surface area (Å²) >= 11 is 12.2. The van der Waals surface area contributed by atoms with Crippen molar-refractivity contribution in [1.29, 1.82) is 0 Å². The maximum absolute atomic E-state index is 6.18. The standard InChI is InChI=1S/C20H15Cl2N5O/c21-15-8-7-12(9-16(15)22)18-13-3-1-2-4-14(13)19(26-25-18)23-10-17-24-27-20(28-17)11-5-6-11/h1-4,7-9,11H,5-6,10H2,(H,23,26). The Hall–Kier alpha value is -2.70. The van der Waals surface area contributed by atoms with Gasteiger partial charge in [-0.05, 0) is 25.0 Å². The van der Waals surface area contributed by atoms with Crippen LogP contribution in [0.25, 0.3) is 22.0 Å². The third kappa shape index (κ3) is 3.30. The molecule has 8 heteroatoms. The fourth-order valence-corrected chi connectivity index (χ4v) is 3.38. The molecule has 1 saturated carbocycles. The van der Waals surface area contributed by atoms with Gasteiger partial charge in [0.15, 0.2) is 5.82 Å². The monoisotopic (exact) mass is 411 g/mol. The maximum atomic E-state index is 6.18. The first kappa shape index (κ1) is 17.4. The minimum absolute atomic E-state index is 0.393. The fourth-order valence-electron chi connectivity index (χ4n) is 3.08. The lowest BCUT2D eigenvalue weighted by Gasteiger charge is -2.10. The SMILES string of the molecule is Clc1ccc(-c2nnc(NCc3nnc(C4CC4)o3)c3ccccc23)cc1Cl. The lowest BCUT2D eigenvalue weighted by Crippen LogP contribution is -2.04. The number of nitrogens with one attached hydrogen (secondary N) is 1. The molecule has 4 aromatic rings. The summed E-state index contributed by atoms with van der Waals surface area (Å²) in [5.41, 5.74) is 1.60. The topological polar surface area (TPSA) is 76.7 Å². The van der Waals surface area contributed by atoms with Crippen LogP contribution in [-0.4, -0.2) is 20.4 Å². The first-order valence-electron chi connectivity index (χ1n) is 8.96. The van der Waals surface area contributed by atoms with Gasteiger partial charge in [-0.15, -0.1) is 20.4 Å². The molecule has 5 rings (SSSR count). The lowest BCUT2D eigenvalue weighted by atomic mass is 10.0. The van der Waals surface area contributed by atoms with Crippen LogP contribution >= 0.6 is 23.2 Å². The third-order valence-electron chi connectivity index (χ3n) is 4.70. The van der Waals surface area contributed by atoms with E-state index in [1.807, 2.05) is 30.3 Å². The van der Waals surface area contributed by atoms with Gasteiger partial charge < -0.3 is 9.73 Å². The molecule has 0 aliphatic heterocycles. The van der Waals surface area contributed by atoms with Crippen LogP contribution in [0.3, 0.4) is 0 Å². The summed E-state index contributed by atoms with van der Waals surface area (Å²) in [5, 5.41) is 23.2. The summed E-state index contributed by atoms with van der Waals surface area (Å²) in [4.78, 5) is 0. The number of anilines is 1. The average molecular weight is 412 g/mol. The first-order chi connectivity index (χ1) is 13.7. The molecule has 6 nitrogen and oxygen atoms in total. The van der Waals surface area contributed by atoms with E-state index in [-0.39, 0.29) is 0 Å². The molecule has 1 aliphatic rings. The van der Waals surface area contributed by atoms with E-state index in [2.05, 4.69) is 25.7 Å². The highest BCUT2D eigenvalue weighted by molar-refractivity contribution is 6.42.